The Morgan fingerprint density at radius 2 is 1.94 bits per heavy atom. The van der Waals surface area contributed by atoms with Crippen molar-refractivity contribution in [2.75, 3.05) is 62.8 Å². The lowest BCUT2D eigenvalue weighted by Crippen LogP contribution is -2.62. The van der Waals surface area contributed by atoms with E-state index in [1.807, 2.05) is 12.1 Å². The fourth-order valence-electron chi connectivity index (χ4n) is 6.58. The summed E-state index contributed by atoms with van der Waals surface area (Å²) >= 11 is 6.71. The summed E-state index contributed by atoms with van der Waals surface area (Å²) in [7, 11) is 0. The third-order valence-electron chi connectivity index (χ3n) is 9.14. The Balaban J connectivity index is 1.16. The predicted molar refractivity (Wildman–Crippen MR) is 140 cm³/mol. The topological polar surface area (TPSA) is 87.2 Å². The Kier molecular flexibility index (Phi) is 6.37. The zero-order valence-electron chi connectivity index (χ0n) is 20.8. The molecule has 194 valence electrons. The largest absolute Gasteiger partial charge is 0.389 e. The predicted octanol–water partition coefficient (Wildman–Crippen LogP) is 3.31. The molecule has 4 heterocycles. The van der Waals surface area contributed by atoms with E-state index >= 15 is 0 Å². The molecule has 3 aliphatic heterocycles. The number of nitrogens with one attached hydrogen (secondary N) is 1. The van der Waals surface area contributed by atoms with Crippen LogP contribution in [-0.2, 0) is 14.3 Å². The van der Waals surface area contributed by atoms with Crippen LogP contribution in [0.15, 0.2) is 24.4 Å². The molecule has 4 fully saturated rings. The zero-order chi connectivity index (χ0) is 24.9. The molecule has 2 N–H and O–H groups in total. The summed E-state index contributed by atoms with van der Waals surface area (Å²) < 4.78 is 11.1. The maximum absolute atomic E-state index is 12.9. The van der Waals surface area contributed by atoms with E-state index in [2.05, 4.69) is 33.1 Å². The number of halogens is 1. The van der Waals surface area contributed by atoms with Crippen LogP contribution in [0, 0.1) is 11.3 Å². The summed E-state index contributed by atoms with van der Waals surface area (Å²) in [5.74, 6) is 0.711. The van der Waals surface area contributed by atoms with E-state index in [9.17, 15) is 9.90 Å². The summed E-state index contributed by atoms with van der Waals surface area (Å²) in [5, 5.41) is 16.3. The molecule has 1 aromatic heterocycles. The van der Waals surface area contributed by atoms with E-state index in [1.165, 1.54) is 0 Å². The minimum Gasteiger partial charge on any atom is -0.389 e. The van der Waals surface area contributed by atoms with E-state index < -0.39 is 6.10 Å². The highest BCUT2D eigenvalue weighted by atomic mass is 35.5. The Morgan fingerprint density at radius 1 is 1.17 bits per heavy atom. The molecule has 3 atom stereocenters. The summed E-state index contributed by atoms with van der Waals surface area (Å²) in [5.41, 5.74) is 0.839. The molecule has 4 aliphatic rings. The summed E-state index contributed by atoms with van der Waals surface area (Å²) in [4.78, 5) is 22.1. The first-order valence-corrected chi connectivity index (χ1v) is 13.6. The highest BCUT2D eigenvalue weighted by Gasteiger charge is 2.58. The van der Waals surface area contributed by atoms with Gasteiger partial charge in [-0.2, -0.15) is 0 Å². The molecule has 9 heteroatoms. The van der Waals surface area contributed by atoms with Crippen LogP contribution in [-0.4, -0.2) is 85.1 Å². The van der Waals surface area contributed by atoms with E-state index in [0.29, 0.717) is 24.1 Å². The van der Waals surface area contributed by atoms with Crippen LogP contribution in [0.2, 0.25) is 5.02 Å². The van der Waals surface area contributed by atoms with Gasteiger partial charge in [-0.1, -0.05) is 18.5 Å². The fraction of sp³-hybridized carbons (Fsp3) is 0.630. The lowest BCUT2D eigenvalue weighted by molar-refractivity contribution is -0.118. The monoisotopic (exact) mass is 514 g/mol. The van der Waals surface area contributed by atoms with Gasteiger partial charge in [0.05, 0.1) is 35.6 Å². The number of hydrogen-bond acceptors (Lipinski definition) is 7. The van der Waals surface area contributed by atoms with Crippen LogP contribution in [0.25, 0.3) is 10.8 Å². The van der Waals surface area contributed by atoms with Gasteiger partial charge in [-0.15, -0.1) is 0 Å². The molecule has 0 radical (unpaired) electrons. The molecule has 1 aliphatic carbocycles. The zero-order valence-corrected chi connectivity index (χ0v) is 21.6. The average Bonchev–Trinajstić information content (AvgIpc) is 3.45. The van der Waals surface area contributed by atoms with Gasteiger partial charge in [-0.05, 0) is 54.7 Å². The first-order valence-electron chi connectivity index (χ1n) is 13.2. The van der Waals surface area contributed by atoms with Gasteiger partial charge in [-0.3, -0.25) is 9.69 Å². The number of anilines is 2. The van der Waals surface area contributed by atoms with Crippen LogP contribution >= 0.6 is 11.6 Å². The standard InChI is InChI=1S/C27H35ClN4O4/c1-2-27(17-36-16-23(27)33)32-7-5-31(6-8-32)22-12-18-13-24(29-15-19(18)11-21(22)28)30-25(34)20-14-26(20)3-9-35-10-4-26/h11-13,15,20,23,33H,2-10,14,16-17H2,1H3,(H,29,30,34)/t20-,23-,27+/m1/s1. The quantitative estimate of drug-likeness (QED) is 0.633. The molecule has 36 heavy (non-hydrogen) atoms. The van der Waals surface area contributed by atoms with E-state index in [-0.39, 0.29) is 22.8 Å². The van der Waals surface area contributed by atoms with Gasteiger partial charge < -0.3 is 24.8 Å². The maximum Gasteiger partial charge on any atom is 0.229 e. The number of ether oxygens (including phenoxy) is 2. The molecule has 0 bridgehead atoms. The van der Waals surface area contributed by atoms with Gasteiger partial charge in [0.1, 0.15) is 5.82 Å². The number of aliphatic hydroxyl groups excluding tert-OH is 1. The summed E-state index contributed by atoms with van der Waals surface area (Å²) in [6, 6.07) is 6.00. The Bertz CT molecular complexity index is 1150. The lowest BCUT2D eigenvalue weighted by atomic mass is 9.89. The van der Waals surface area contributed by atoms with Crippen LogP contribution in [0.1, 0.15) is 32.6 Å². The molecular formula is C27H35ClN4O4. The highest BCUT2D eigenvalue weighted by Crippen LogP contribution is 2.59. The van der Waals surface area contributed by atoms with E-state index in [0.717, 1.165) is 81.5 Å². The number of pyridine rings is 1. The Labute approximate surface area is 216 Å². The normalized spacial score (nSPS) is 30.1. The van der Waals surface area contributed by atoms with Crippen LogP contribution in [0.4, 0.5) is 11.5 Å². The SMILES string of the molecule is CC[C@]1(N2CCN(c3cc4cc(NC(=O)[C@H]5CC56CCOCC6)ncc4cc3Cl)CC2)COC[C@H]1O. The average molecular weight is 515 g/mol. The Hall–Kier alpha value is -1.97. The van der Waals surface area contributed by atoms with Gasteiger partial charge in [-0.25, -0.2) is 4.98 Å². The van der Waals surface area contributed by atoms with Crippen molar-refractivity contribution in [2.24, 2.45) is 11.3 Å². The lowest BCUT2D eigenvalue weighted by Gasteiger charge is -2.47. The van der Waals surface area contributed by atoms with Crippen molar-refractivity contribution in [1.82, 2.24) is 9.88 Å². The molecule has 2 aromatic rings. The van der Waals surface area contributed by atoms with E-state index in [4.69, 9.17) is 21.1 Å². The molecule has 8 nitrogen and oxygen atoms in total. The van der Waals surface area contributed by atoms with Gasteiger partial charge in [0.15, 0.2) is 0 Å². The first-order chi connectivity index (χ1) is 17.4. The second kappa shape index (κ2) is 9.40. The molecule has 1 saturated carbocycles. The highest BCUT2D eigenvalue weighted by molar-refractivity contribution is 6.34. The van der Waals surface area contributed by atoms with E-state index in [1.54, 1.807) is 6.20 Å². The van der Waals surface area contributed by atoms with Gasteiger partial charge in [0, 0.05) is 56.9 Å². The molecule has 3 saturated heterocycles. The molecular weight excluding hydrogens is 480 g/mol. The molecule has 0 unspecified atom stereocenters. The Morgan fingerprint density at radius 3 is 2.64 bits per heavy atom. The second-order valence-electron chi connectivity index (χ2n) is 10.9. The van der Waals surface area contributed by atoms with Crippen molar-refractivity contribution in [3.63, 3.8) is 0 Å². The van der Waals surface area contributed by atoms with Crippen molar-refractivity contribution in [2.45, 2.75) is 44.2 Å². The number of aliphatic hydroxyl groups is 1. The van der Waals surface area contributed by atoms with Crippen molar-refractivity contribution < 1.29 is 19.4 Å². The smallest absolute Gasteiger partial charge is 0.229 e. The van der Waals surface area contributed by atoms with Crippen LogP contribution in [0.3, 0.4) is 0 Å². The first kappa shape index (κ1) is 24.4. The molecule has 1 amide bonds. The number of piperazine rings is 1. The van der Waals surface area contributed by atoms with Crippen molar-refractivity contribution >= 4 is 39.8 Å². The van der Waals surface area contributed by atoms with Crippen molar-refractivity contribution in [1.29, 1.82) is 0 Å². The van der Waals surface area contributed by atoms with Crippen molar-refractivity contribution in [3.8, 4) is 0 Å². The fourth-order valence-corrected chi connectivity index (χ4v) is 6.87. The number of rotatable bonds is 5. The van der Waals surface area contributed by atoms with Crippen LogP contribution < -0.4 is 10.2 Å². The van der Waals surface area contributed by atoms with Gasteiger partial charge in [0.25, 0.3) is 0 Å². The molecule has 1 aromatic carbocycles. The summed E-state index contributed by atoms with van der Waals surface area (Å²) in [6.45, 7) is 7.95. The number of carbonyl (C=O) groups excluding carboxylic acids is 1. The number of fused-ring (bicyclic) bond motifs is 1. The number of aromatic nitrogens is 1. The van der Waals surface area contributed by atoms with Crippen LogP contribution in [0.5, 0.6) is 0 Å². The van der Waals surface area contributed by atoms with Crippen molar-refractivity contribution in [3.05, 3.63) is 29.4 Å². The van der Waals surface area contributed by atoms with Gasteiger partial charge >= 0.3 is 0 Å². The number of amides is 1. The maximum atomic E-state index is 12.9. The third kappa shape index (κ3) is 4.17. The summed E-state index contributed by atoms with van der Waals surface area (Å²) in [6.07, 6.45) is 5.08. The number of carbonyl (C=O) groups is 1. The van der Waals surface area contributed by atoms with Gasteiger partial charge in [0.2, 0.25) is 5.91 Å². The number of nitrogens with zero attached hydrogens (tertiary/aromatic N) is 3. The molecule has 6 rings (SSSR count). The second-order valence-corrected chi connectivity index (χ2v) is 11.3. The minimum atomic E-state index is -0.448. The minimum absolute atomic E-state index is 0.0613. The number of hydrogen-bond donors (Lipinski definition) is 2. The molecule has 1 spiro atoms. The third-order valence-corrected chi connectivity index (χ3v) is 9.45. The number of benzene rings is 1.